The van der Waals surface area contributed by atoms with E-state index in [4.69, 9.17) is 5.73 Å². The highest BCUT2D eigenvalue weighted by Crippen LogP contribution is 2.34. The Kier molecular flexibility index (Phi) is 3.66. The molecule has 3 aromatic rings. The number of nitrogens with zero attached hydrogens (tertiary/aromatic N) is 1. The maximum Gasteiger partial charge on any atom is 0.256 e. The van der Waals surface area contributed by atoms with Crippen LogP contribution < -0.4 is 11.1 Å². The molecule has 0 saturated heterocycles. The molecule has 104 valence electrons. The van der Waals surface area contributed by atoms with Crippen molar-refractivity contribution in [3.8, 4) is 11.3 Å². The van der Waals surface area contributed by atoms with Gasteiger partial charge in [0.2, 0.25) is 0 Å². The predicted molar refractivity (Wildman–Crippen MR) is 86.4 cm³/mol. The van der Waals surface area contributed by atoms with Crippen molar-refractivity contribution >= 4 is 27.4 Å². The van der Waals surface area contributed by atoms with Gasteiger partial charge in [-0.25, -0.2) is 4.98 Å². The van der Waals surface area contributed by atoms with Crippen molar-refractivity contribution in [1.29, 1.82) is 0 Å². The van der Waals surface area contributed by atoms with Gasteiger partial charge in [-0.2, -0.15) is 0 Å². The standard InChI is InChI=1S/C16H13N3OS/c17-16-18-13(11-7-3-1-4-8-11)15(21-16)19-14(20)12-9-5-2-6-10-12/h1-10H,(H2,17,18)(H,19,20). The molecule has 0 radical (unpaired) electrons. The summed E-state index contributed by atoms with van der Waals surface area (Å²) in [5.74, 6) is -0.170. The van der Waals surface area contributed by atoms with Crippen molar-refractivity contribution in [3.63, 3.8) is 0 Å². The molecule has 1 heterocycles. The number of carbonyl (C=O) groups is 1. The van der Waals surface area contributed by atoms with E-state index in [2.05, 4.69) is 10.3 Å². The quantitative estimate of drug-likeness (QED) is 0.775. The van der Waals surface area contributed by atoms with E-state index in [1.807, 2.05) is 48.5 Å². The number of rotatable bonds is 3. The van der Waals surface area contributed by atoms with Gasteiger partial charge < -0.3 is 11.1 Å². The zero-order valence-electron chi connectivity index (χ0n) is 11.1. The highest BCUT2D eigenvalue weighted by Gasteiger charge is 2.14. The van der Waals surface area contributed by atoms with Crippen molar-refractivity contribution < 1.29 is 4.79 Å². The largest absolute Gasteiger partial charge is 0.375 e. The molecule has 0 saturated carbocycles. The molecule has 0 aliphatic heterocycles. The van der Waals surface area contributed by atoms with Crippen molar-refractivity contribution in [3.05, 3.63) is 66.2 Å². The minimum absolute atomic E-state index is 0.170. The van der Waals surface area contributed by atoms with Gasteiger partial charge >= 0.3 is 0 Å². The molecule has 0 aliphatic carbocycles. The van der Waals surface area contributed by atoms with Crippen LogP contribution in [0.3, 0.4) is 0 Å². The molecule has 0 unspecified atom stereocenters. The molecule has 0 bridgehead atoms. The summed E-state index contributed by atoms with van der Waals surface area (Å²) in [6.45, 7) is 0. The molecule has 1 amide bonds. The van der Waals surface area contributed by atoms with Crippen LogP contribution in [0.25, 0.3) is 11.3 Å². The number of nitrogens with one attached hydrogen (secondary N) is 1. The Balaban J connectivity index is 1.92. The van der Waals surface area contributed by atoms with Crippen LogP contribution in [0.1, 0.15) is 10.4 Å². The Morgan fingerprint density at radius 1 is 1.00 bits per heavy atom. The van der Waals surface area contributed by atoms with E-state index in [0.29, 0.717) is 21.4 Å². The number of hydrogen-bond acceptors (Lipinski definition) is 4. The summed E-state index contributed by atoms with van der Waals surface area (Å²) in [6, 6.07) is 18.7. The zero-order chi connectivity index (χ0) is 14.7. The van der Waals surface area contributed by atoms with E-state index in [0.717, 1.165) is 5.56 Å². The maximum absolute atomic E-state index is 12.2. The summed E-state index contributed by atoms with van der Waals surface area (Å²) in [4.78, 5) is 16.5. The number of nitrogens with two attached hydrogens (primary N) is 1. The van der Waals surface area contributed by atoms with Crippen LogP contribution in [0.5, 0.6) is 0 Å². The number of benzene rings is 2. The fourth-order valence-electron chi connectivity index (χ4n) is 1.98. The molecule has 3 N–H and O–H groups in total. The van der Waals surface area contributed by atoms with Gasteiger partial charge in [0.25, 0.3) is 5.91 Å². The van der Waals surface area contributed by atoms with Gasteiger partial charge in [-0.05, 0) is 12.1 Å². The minimum atomic E-state index is -0.170. The lowest BCUT2D eigenvalue weighted by atomic mass is 10.1. The first kappa shape index (κ1) is 13.3. The summed E-state index contributed by atoms with van der Waals surface area (Å²) in [5.41, 5.74) is 8.01. The number of carbonyl (C=O) groups excluding carboxylic acids is 1. The molecule has 0 fully saturated rings. The van der Waals surface area contributed by atoms with Gasteiger partial charge in [0.15, 0.2) is 5.13 Å². The summed E-state index contributed by atoms with van der Waals surface area (Å²) in [7, 11) is 0. The lowest BCUT2D eigenvalue weighted by molar-refractivity contribution is 0.102. The summed E-state index contributed by atoms with van der Waals surface area (Å²) in [6.07, 6.45) is 0. The van der Waals surface area contributed by atoms with Crippen LogP contribution >= 0.6 is 11.3 Å². The van der Waals surface area contributed by atoms with Crippen LogP contribution in [0, 0.1) is 0 Å². The van der Waals surface area contributed by atoms with Crippen LogP contribution in [-0.2, 0) is 0 Å². The molecule has 5 heteroatoms. The SMILES string of the molecule is Nc1nc(-c2ccccc2)c(NC(=O)c2ccccc2)s1. The van der Waals surface area contributed by atoms with Crippen LogP contribution in [0.2, 0.25) is 0 Å². The topological polar surface area (TPSA) is 68.0 Å². The molecule has 0 atom stereocenters. The van der Waals surface area contributed by atoms with Gasteiger partial charge in [-0.15, -0.1) is 0 Å². The van der Waals surface area contributed by atoms with E-state index in [1.54, 1.807) is 12.1 Å². The molecule has 21 heavy (non-hydrogen) atoms. The second-order valence-electron chi connectivity index (χ2n) is 4.42. The van der Waals surface area contributed by atoms with Crippen molar-refractivity contribution in [1.82, 2.24) is 4.98 Å². The number of thiazole rings is 1. The first-order valence-corrected chi connectivity index (χ1v) is 7.24. The van der Waals surface area contributed by atoms with Crippen molar-refractivity contribution in [2.75, 3.05) is 11.1 Å². The number of anilines is 2. The second-order valence-corrected chi connectivity index (χ2v) is 5.45. The first-order valence-electron chi connectivity index (χ1n) is 6.42. The number of amides is 1. The number of hydrogen-bond donors (Lipinski definition) is 2. The van der Waals surface area contributed by atoms with Crippen LogP contribution in [0.4, 0.5) is 10.1 Å². The molecular weight excluding hydrogens is 282 g/mol. The molecule has 0 aliphatic rings. The highest BCUT2D eigenvalue weighted by atomic mass is 32.1. The van der Waals surface area contributed by atoms with E-state index in [-0.39, 0.29) is 5.91 Å². The third kappa shape index (κ3) is 2.93. The smallest absolute Gasteiger partial charge is 0.256 e. The fourth-order valence-corrected chi connectivity index (χ4v) is 2.73. The summed E-state index contributed by atoms with van der Waals surface area (Å²) < 4.78 is 0. The zero-order valence-corrected chi connectivity index (χ0v) is 11.9. The lowest BCUT2D eigenvalue weighted by Crippen LogP contribution is -2.11. The average molecular weight is 295 g/mol. The Morgan fingerprint density at radius 3 is 2.29 bits per heavy atom. The Morgan fingerprint density at radius 2 is 1.62 bits per heavy atom. The number of aromatic nitrogens is 1. The second kappa shape index (κ2) is 5.76. The van der Waals surface area contributed by atoms with Crippen molar-refractivity contribution in [2.45, 2.75) is 0 Å². The van der Waals surface area contributed by atoms with Gasteiger partial charge in [0.05, 0.1) is 0 Å². The van der Waals surface area contributed by atoms with Crippen LogP contribution in [0.15, 0.2) is 60.7 Å². The molecule has 3 rings (SSSR count). The van der Waals surface area contributed by atoms with Gasteiger partial charge in [0, 0.05) is 11.1 Å². The van der Waals surface area contributed by atoms with Gasteiger partial charge in [0.1, 0.15) is 10.7 Å². The normalized spacial score (nSPS) is 10.3. The highest BCUT2D eigenvalue weighted by molar-refractivity contribution is 7.20. The monoisotopic (exact) mass is 295 g/mol. The summed E-state index contributed by atoms with van der Waals surface area (Å²) in [5, 5.41) is 3.97. The van der Waals surface area contributed by atoms with Crippen molar-refractivity contribution in [2.24, 2.45) is 0 Å². The van der Waals surface area contributed by atoms with E-state index in [1.165, 1.54) is 11.3 Å². The molecular formula is C16H13N3OS. The number of nitrogen functional groups attached to an aromatic ring is 1. The van der Waals surface area contributed by atoms with Gasteiger partial charge in [-0.3, -0.25) is 4.79 Å². The predicted octanol–water partition coefficient (Wildman–Crippen LogP) is 3.64. The average Bonchev–Trinajstić information content (AvgIpc) is 2.89. The van der Waals surface area contributed by atoms with E-state index in [9.17, 15) is 4.79 Å². The fraction of sp³-hybridized carbons (Fsp3) is 0. The van der Waals surface area contributed by atoms with E-state index >= 15 is 0 Å². The van der Waals surface area contributed by atoms with Gasteiger partial charge in [-0.1, -0.05) is 59.9 Å². The molecule has 4 nitrogen and oxygen atoms in total. The Hall–Kier alpha value is -2.66. The lowest BCUT2D eigenvalue weighted by Gasteiger charge is -2.05. The molecule has 1 aromatic heterocycles. The minimum Gasteiger partial charge on any atom is -0.375 e. The maximum atomic E-state index is 12.2. The van der Waals surface area contributed by atoms with E-state index < -0.39 is 0 Å². The Bertz CT molecular complexity index is 754. The van der Waals surface area contributed by atoms with Crippen LogP contribution in [-0.4, -0.2) is 10.9 Å². The summed E-state index contributed by atoms with van der Waals surface area (Å²) >= 11 is 1.27. The first-order chi connectivity index (χ1) is 10.2. The Labute approximate surface area is 126 Å². The third-order valence-corrected chi connectivity index (χ3v) is 3.75. The third-order valence-electron chi connectivity index (χ3n) is 2.95. The molecule has 0 spiro atoms. The molecule has 2 aromatic carbocycles.